The van der Waals surface area contributed by atoms with Crippen molar-refractivity contribution in [3.63, 3.8) is 0 Å². The summed E-state index contributed by atoms with van der Waals surface area (Å²) < 4.78 is 17.2. The molecule has 0 N–H and O–H groups in total. The third-order valence-corrected chi connectivity index (χ3v) is 9.25. The summed E-state index contributed by atoms with van der Waals surface area (Å²) in [6, 6.07) is 0. The monoisotopic (exact) mass is 362 g/mol. The Morgan fingerprint density at radius 3 is 2.35 bits per heavy atom. The molecule has 146 valence electrons. The Balaban J connectivity index is 1.36. The van der Waals surface area contributed by atoms with Crippen LogP contribution in [-0.4, -0.2) is 32.6 Å². The summed E-state index contributed by atoms with van der Waals surface area (Å²) >= 11 is 0. The van der Waals surface area contributed by atoms with Gasteiger partial charge in [0.15, 0.2) is 6.29 Å². The quantitative estimate of drug-likeness (QED) is 0.564. The molecule has 26 heavy (non-hydrogen) atoms. The van der Waals surface area contributed by atoms with Gasteiger partial charge in [0.25, 0.3) is 0 Å². The van der Waals surface area contributed by atoms with Crippen LogP contribution in [-0.2, 0) is 19.0 Å². The van der Waals surface area contributed by atoms with Crippen molar-refractivity contribution in [2.45, 2.75) is 52.2 Å². The molecular weight excluding hydrogens is 328 g/mol. The second-order valence-corrected chi connectivity index (χ2v) is 9.84. The zero-order valence-electron chi connectivity index (χ0n) is 16.4. The Hall–Kier alpha value is -0.610. The van der Waals surface area contributed by atoms with Crippen molar-refractivity contribution in [2.75, 3.05) is 20.3 Å². The van der Waals surface area contributed by atoms with E-state index in [1.54, 1.807) is 7.11 Å². The molecule has 11 atom stereocenters. The number of carbonyl (C=O) groups excluding carboxylic acids is 1. The number of hydrogen-bond acceptors (Lipinski definition) is 4. The van der Waals surface area contributed by atoms with Gasteiger partial charge in [0.05, 0.1) is 19.6 Å². The molecule has 5 rings (SSSR count). The van der Waals surface area contributed by atoms with Crippen LogP contribution in [0.2, 0.25) is 0 Å². The van der Waals surface area contributed by atoms with E-state index in [0.29, 0.717) is 24.4 Å². The fourth-order valence-electron chi connectivity index (χ4n) is 8.15. The van der Waals surface area contributed by atoms with Gasteiger partial charge in [-0.1, -0.05) is 13.8 Å². The van der Waals surface area contributed by atoms with Crippen LogP contribution in [0.5, 0.6) is 0 Å². The van der Waals surface area contributed by atoms with E-state index in [4.69, 9.17) is 14.2 Å². The standard InChI is InChI=1S/C22H34O4/c1-11-12(2)14-8-13(11)19-15-9-16(20(14)19)21(22(23)24-3)17(15)10-26-18-6-4-5-7-25-18/h11-21H,4-10H2,1-3H3. The molecule has 5 aliphatic rings. The first-order valence-corrected chi connectivity index (χ1v) is 10.9. The van der Waals surface area contributed by atoms with Gasteiger partial charge in [0, 0.05) is 6.61 Å². The van der Waals surface area contributed by atoms with Crippen molar-refractivity contribution in [2.24, 2.45) is 59.2 Å². The lowest BCUT2D eigenvalue weighted by Crippen LogP contribution is -2.46. The number of rotatable bonds is 4. The summed E-state index contributed by atoms with van der Waals surface area (Å²) in [5.74, 6) is 6.57. The Morgan fingerprint density at radius 1 is 1.00 bits per heavy atom. The summed E-state index contributed by atoms with van der Waals surface area (Å²) in [7, 11) is 1.56. The highest BCUT2D eigenvalue weighted by Crippen LogP contribution is 2.72. The van der Waals surface area contributed by atoms with Crippen molar-refractivity contribution in [1.82, 2.24) is 0 Å². The highest BCUT2D eigenvalue weighted by molar-refractivity contribution is 5.74. The van der Waals surface area contributed by atoms with Gasteiger partial charge in [-0.05, 0) is 85.4 Å². The molecule has 0 amide bonds. The van der Waals surface area contributed by atoms with E-state index in [0.717, 1.165) is 55.0 Å². The lowest BCUT2D eigenvalue weighted by Gasteiger charge is -2.46. The molecule has 4 saturated carbocycles. The largest absolute Gasteiger partial charge is 0.469 e. The highest BCUT2D eigenvalue weighted by atomic mass is 16.7. The predicted molar refractivity (Wildman–Crippen MR) is 97.0 cm³/mol. The van der Waals surface area contributed by atoms with Crippen molar-refractivity contribution in [3.05, 3.63) is 0 Å². The maximum absolute atomic E-state index is 12.7. The lowest BCUT2D eigenvalue weighted by molar-refractivity contribution is -0.183. The van der Waals surface area contributed by atoms with Gasteiger partial charge in [-0.15, -0.1) is 0 Å². The molecule has 1 saturated heterocycles. The Morgan fingerprint density at radius 2 is 1.69 bits per heavy atom. The third-order valence-electron chi connectivity index (χ3n) is 9.25. The summed E-state index contributed by atoms with van der Waals surface area (Å²) in [6.45, 7) is 6.41. The van der Waals surface area contributed by atoms with Crippen molar-refractivity contribution < 1.29 is 19.0 Å². The number of fused-ring (bicyclic) bond motifs is 9. The molecule has 11 unspecified atom stereocenters. The smallest absolute Gasteiger partial charge is 0.309 e. The van der Waals surface area contributed by atoms with E-state index in [1.165, 1.54) is 19.3 Å². The summed E-state index contributed by atoms with van der Waals surface area (Å²) in [5.41, 5.74) is 0. The van der Waals surface area contributed by atoms with Crippen LogP contribution in [0.15, 0.2) is 0 Å². The molecule has 4 heteroatoms. The van der Waals surface area contributed by atoms with Crippen LogP contribution < -0.4 is 0 Å². The fraction of sp³-hybridized carbons (Fsp3) is 0.955. The lowest BCUT2D eigenvalue weighted by atomic mass is 9.59. The maximum Gasteiger partial charge on any atom is 0.309 e. The summed E-state index contributed by atoms with van der Waals surface area (Å²) in [5, 5.41) is 0. The molecule has 0 aromatic heterocycles. The molecule has 1 aliphatic heterocycles. The van der Waals surface area contributed by atoms with E-state index in [9.17, 15) is 4.79 Å². The van der Waals surface area contributed by atoms with Gasteiger partial charge < -0.3 is 14.2 Å². The van der Waals surface area contributed by atoms with Crippen molar-refractivity contribution >= 4 is 5.97 Å². The zero-order chi connectivity index (χ0) is 18.0. The zero-order valence-corrected chi connectivity index (χ0v) is 16.4. The Labute approximate surface area is 157 Å². The summed E-state index contributed by atoms with van der Waals surface area (Å²) in [4.78, 5) is 12.7. The van der Waals surface area contributed by atoms with Gasteiger partial charge in [0.1, 0.15) is 0 Å². The van der Waals surface area contributed by atoms with Crippen LogP contribution in [0.1, 0.15) is 46.0 Å². The molecule has 0 aromatic carbocycles. The van der Waals surface area contributed by atoms with Gasteiger partial charge in [0.2, 0.25) is 0 Å². The average Bonchev–Trinajstić information content (AvgIpc) is 3.39. The second-order valence-electron chi connectivity index (χ2n) is 9.84. The van der Waals surface area contributed by atoms with E-state index >= 15 is 0 Å². The van der Waals surface area contributed by atoms with E-state index < -0.39 is 0 Å². The molecule has 4 aliphatic carbocycles. The van der Waals surface area contributed by atoms with Gasteiger partial charge in [-0.3, -0.25) is 4.79 Å². The number of esters is 1. The van der Waals surface area contributed by atoms with Crippen LogP contribution in [0.3, 0.4) is 0 Å². The van der Waals surface area contributed by atoms with Crippen molar-refractivity contribution in [3.8, 4) is 0 Å². The molecule has 0 spiro atoms. The fourth-order valence-corrected chi connectivity index (χ4v) is 8.15. The number of ether oxygens (including phenoxy) is 3. The first-order valence-electron chi connectivity index (χ1n) is 10.9. The SMILES string of the molecule is COC(=O)C1C(COC2CCCCO2)C2CC1C1C3CC(C(C)C3C)C21. The predicted octanol–water partition coefficient (Wildman–Crippen LogP) is 3.74. The van der Waals surface area contributed by atoms with E-state index in [2.05, 4.69) is 13.8 Å². The minimum absolute atomic E-state index is 0.0117. The topological polar surface area (TPSA) is 44.8 Å². The van der Waals surface area contributed by atoms with Crippen LogP contribution >= 0.6 is 0 Å². The van der Waals surface area contributed by atoms with Crippen LogP contribution in [0.25, 0.3) is 0 Å². The van der Waals surface area contributed by atoms with Crippen LogP contribution in [0, 0.1) is 59.2 Å². The van der Waals surface area contributed by atoms with Gasteiger partial charge in [-0.25, -0.2) is 0 Å². The molecule has 4 nitrogen and oxygen atoms in total. The van der Waals surface area contributed by atoms with Crippen LogP contribution in [0.4, 0.5) is 0 Å². The first kappa shape index (κ1) is 17.5. The van der Waals surface area contributed by atoms with E-state index in [-0.39, 0.29) is 18.2 Å². The first-order chi connectivity index (χ1) is 12.6. The van der Waals surface area contributed by atoms with Crippen molar-refractivity contribution in [1.29, 1.82) is 0 Å². The summed E-state index contributed by atoms with van der Waals surface area (Å²) in [6.07, 6.45) is 5.89. The number of hydrogen-bond donors (Lipinski definition) is 0. The molecule has 4 bridgehead atoms. The average molecular weight is 363 g/mol. The molecule has 5 fully saturated rings. The molecule has 0 radical (unpaired) electrons. The minimum atomic E-state index is -0.0593. The van der Waals surface area contributed by atoms with Gasteiger partial charge >= 0.3 is 5.97 Å². The molecular formula is C22H34O4. The highest BCUT2D eigenvalue weighted by Gasteiger charge is 2.69. The molecule has 1 heterocycles. The minimum Gasteiger partial charge on any atom is -0.469 e. The third kappa shape index (κ3) is 2.37. The Bertz CT molecular complexity index is 556. The molecule has 0 aromatic rings. The van der Waals surface area contributed by atoms with Gasteiger partial charge in [-0.2, -0.15) is 0 Å². The number of carbonyl (C=O) groups is 1. The van der Waals surface area contributed by atoms with E-state index in [1.807, 2.05) is 0 Å². The number of methoxy groups -OCH3 is 1. The normalized spacial score (nSPS) is 54.5. The Kier molecular flexibility index (Phi) is 4.36. The maximum atomic E-state index is 12.7. The second kappa shape index (κ2) is 6.48.